The quantitative estimate of drug-likeness (QED) is 0.380. The number of aliphatic imine (C=N–C) groups is 1. The number of amides is 2. The van der Waals surface area contributed by atoms with Crippen molar-refractivity contribution in [1.29, 1.82) is 0 Å². The first-order valence-corrected chi connectivity index (χ1v) is 8.78. The van der Waals surface area contributed by atoms with E-state index in [1.807, 2.05) is 18.7 Å². The Morgan fingerprint density at radius 1 is 1.36 bits per heavy atom. The molecule has 8 heteroatoms. The van der Waals surface area contributed by atoms with Crippen LogP contribution in [0, 0.1) is 0 Å². The summed E-state index contributed by atoms with van der Waals surface area (Å²) in [7, 11) is 0. The van der Waals surface area contributed by atoms with E-state index in [0.717, 1.165) is 19.5 Å². The van der Waals surface area contributed by atoms with Crippen LogP contribution in [0.15, 0.2) is 27.8 Å². The van der Waals surface area contributed by atoms with Crippen molar-refractivity contribution in [2.75, 3.05) is 32.7 Å². The molecule has 0 bridgehead atoms. The van der Waals surface area contributed by atoms with Crippen LogP contribution in [0.1, 0.15) is 37.2 Å². The van der Waals surface area contributed by atoms with Crippen LogP contribution in [-0.2, 0) is 4.79 Å². The zero-order valence-corrected chi connectivity index (χ0v) is 14.9. The molecule has 1 fully saturated rings. The number of nitrogens with one attached hydrogen (secondary N) is 3. The second-order valence-electron chi connectivity index (χ2n) is 5.82. The molecule has 2 heterocycles. The molecule has 25 heavy (non-hydrogen) atoms. The zero-order chi connectivity index (χ0) is 18.1. The van der Waals surface area contributed by atoms with Gasteiger partial charge in [0.25, 0.3) is 5.91 Å². The van der Waals surface area contributed by atoms with Gasteiger partial charge in [0.05, 0.1) is 12.8 Å². The summed E-state index contributed by atoms with van der Waals surface area (Å²) in [6.07, 6.45) is 2.91. The molecule has 138 valence electrons. The normalized spacial score (nSPS) is 17.4. The maximum absolute atomic E-state index is 11.8. The highest BCUT2D eigenvalue weighted by molar-refractivity contribution is 5.91. The maximum Gasteiger partial charge on any atom is 0.287 e. The van der Waals surface area contributed by atoms with Crippen LogP contribution in [0.25, 0.3) is 0 Å². The van der Waals surface area contributed by atoms with Crippen LogP contribution in [0.5, 0.6) is 0 Å². The van der Waals surface area contributed by atoms with E-state index in [1.165, 1.54) is 6.26 Å². The highest BCUT2D eigenvalue weighted by Gasteiger charge is 2.25. The number of hydrogen-bond donors (Lipinski definition) is 3. The van der Waals surface area contributed by atoms with Crippen molar-refractivity contribution >= 4 is 17.8 Å². The summed E-state index contributed by atoms with van der Waals surface area (Å²) in [5.41, 5.74) is 0. The summed E-state index contributed by atoms with van der Waals surface area (Å²) in [4.78, 5) is 29.9. The molecule has 1 saturated heterocycles. The highest BCUT2D eigenvalue weighted by Crippen LogP contribution is 2.10. The van der Waals surface area contributed by atoms with Crippen LogP contribution < -0.4 is 16.0 Å². The van der Waals surface area contributed by atoms with Crippen LogP contribution in [-0.4, -0.2) is 61.4 Å². The van der Waals surface area contributed by atoms with Gasteiger partial charge < -0.3 is 25.3 Å². The number of carbonyl (C=O) groups is 2. The third-order valence-electron chi connectivity index (χ3n) is 3.94. The predicted octanol–water partition coefficient (Wildman–Crippen LogP) is 0.575. The molecule has 1 aliphatic heterocycles. The van der Waals surface area contributed by atoms with Gasteiger partial charge in [0.1, 0.15) is 0 Å². The Kier molecular flexibility index (Phi) is 7.31. The summed E-state index contributed by atoms with van der Waals surface area (Å²) in [5, 5.41) is 9.30. The third-order valence-corrected chi connectivity index (χ3v) is 3.94. The maximum atomic E-state index is 11.8. The second-order valence-corrected chi connectivity index (χ2v) is 5.82. The van der Waals surface area contributed by atoms with Gasteiger partial charge >= 0.3 is 0 Å². The Balaban J connectivity index is 1.76. The fourth-order valence-electron chi connectivity index (χ4n) is 2.67. The monoisotopic (exact) mass is 349 g/mol. The SMILES string of the molecule is CCNC(=NCCNC(=O)c1ccco1)NC1CCN(C(=O)CC)C1. The molecule has 8 nitrogen and oxygen atoms in total. The van der Waals surface area contributed by atoms with Gasteiger partial charge in [0, 0.05) is 38.6 Å². The van der Waals surface area contributed by atoms with E-state index in [0.29, 0.717) is 37.8 Å². The van der Waals surface area contributed by atoms with Crippen molar-refractivity contribution in [3.63, 3.8) is 0 Å². The van der Waals surface area contributed by atoms with Gasteiger partial charge in [-0.1, -0.05) is 6.92 Å². The average Bonchev–Trinajstić information content (AvgIpc) is 3.29. The van der Waals surface area contributed by atoms with E-state index in [2.05, 4.69) is 20.9 Å². The van der Waals surface area contributed by atoms with Crippen molar-refractivity contribution in [3.8, 4) is 0 Å². The van der Waals surface area contributed by atoms with Gasteiger partial charge in [0.2, 0.25) is 5.91 Å². The van der Waals surface area contributed by atoms with Gasteiger partial charge in [-0.15, -0.1) is 0 Å². The zero-order valence-electron chi connectivity index (χ0n) is 14.9. The molecule has 0 spiro atoms. The molecule has 0 radical (unpaired) electrons. The predicted molar refractivity (Wildman–Crippen MR) is 95.4 cm³/mol. The minimum atomic E-state index is -0.248. The summed E-state index contributed by atoms with van der Waals surface area (Å²) >= 11 is 0. The molecule has 1 unspecified atom stereocenters. The number of rotatable bonds is 7. The molecular weight excluding hydrogens is 322 g/mol. The number of guanidine groups is 1. The van der Waals surface area contributed by atoms with Crippen molar-refractivity contribution in [2.45, 2.75) is 32.7 Å². The van der Waals surface area contributed by atoms with E-state index in [1.54, 1.807) is 12.1 Å². The van der Waals surface area contributed by atoms with Gasteiger partial charge in [-0.2, -0.15) is 0 Å². The van der Waals surface area contributed by atoms with E-state index >= 15 is 0 Å². The Bertz CT molecular complexity index is 585. The lowest BCUT2D eigenvalue weighted by Gasteiger charge is -2.18. The van der Waals surface area contributed by atoms with Crippen LogP contribution >= 0.6 is 0 Å². The lowest BCUT2D eigenvalue weighted by atomic mass is 10.3. The molecule has 1 aliphatic rings. The van der Waals surface area contributed by atoms with Crippen LogP contribution in [0.2, 0.25) is 0 Å². The fourth-order valence-corrected chi connectivity index (χ4v) is 2.67. The first-order chi connectivity index (χ1) is 12.1. The minimum absolute atomic E-state index is 0.187. The fraction of sp³-hybridized carbons (Fsp3) is 0.588. The van der Waals surface area contributed by atoms with E-state index < -0.39 is 0 Å². The topological polar surface area (TPSA) is 99.0 Å². The van der Waals surface area contributed by atoms with Gasteiger partial charge in [-0.05, 0) is 25.5 Å². The Labute approximate surface area is 148 Å². The molecule has 1 aromatic heterocycles. The molecular formula is C17H27N5O3. The molecule has 0 aliphatic carbocycles. The number of hydrogen-bond acceptors (Lipinski definition) is 4. The van der Waals surface area contributed by atoms with Crippen molar-refractivity contribution < 1.29 is 14.0 Å². The van der Waals surface area contributed by atoms with Crippen molar-refractivity contribution in [2.24, 2.45) is 4.99 Å². The van der Waals surface area contributed by atoms with E-state index in [9.17, 15) is 9.59 Å². The highest BCUT2D eigenvalue weighted by atomic mass is 16.3. The lowest BCUT2D eigenvalue weighted by Crippen LogP contribution is -2.45. The Hall–Kier alpha value is -2.51. The summed E-state index contributed by atoms with van der Waals surface area (Å²) < 4.78 is 5.03. The van der Waals surface area contributed by atoms with Crippen LogP contribution in [0.3, 0.4) is 0 Å². The minimum Gasteiger partial charge on any atom is -0.459 e. The first-order valence-electron chi connectivity index (χ1n) is 8.78. The molecule has 1 atom stereocenters. The van der Waals surface area contributed by atoms with Gasteiger partial charge in [0.15, 0.2) is 11.7 Å². The number of furan rings is 1. The van der Waals surface area contributed by atoms with Crippen molar-refractivity contribution in [3.05, 3.63) is 24.2 Å². The number of carbonyl (C=O) groups excluding carboxylic acids is 2. The molecule has 0 saturated carbocycles. The first kappa shape index (κ1) is 18.8. The second kappa shape index (κ2) is 9.71. The standard InChI is InChI=1S/C17H27N5O3/c1-3-15(23)22-10-7-13(12-22)21-17(18-4-2)20-9-8-19-16(24)14-6-5-11-25-14/h5-6,11,13H,3-4,7-10,12H2,1-2H3,(H,19,24)(H2,18,20,21). The summed E-state index contributed by atoms with van der Waals surface area (Å²) in [5.74, 6) is 0.931. The van der Waals surface area contributed by atoms with Crippen LogP contribution in [0.4, 0.5) is 0 Å². The molecule has 3 N–H and O–H groups in total. The molecule has 2 amide bonds. The third kappa shape index (κ3) is 5.81. The van der Waals surface area contributed by atoms with E-state index in [4.69, 9.17) is 4.42 Å². The largest absolute Gasteiger partial charge is 0.459 e. The molecule has 0 aromatic carbocycles. The van der Waals surface area contributed by atoms with Crippen molar-refractivity contribution in [1.82, 2.24) is 20.9 Å². The van der Waals surface area contributed by atoms with Gasteiger partial charge in [-0.25, -0.2) is 0 Å². The average molecular weight is 349 g/mol. The smallest absolute Gasteiger partial charge is 0.287 e. The molecule has 1 aromatic rings. The Morgan fingerprint density at radius 2 is 2.20 bits per heavy atom. The molecule has 2 rings (SSSR count). The lowest BCUT2D eigenvalue weighted by molar-refractivity contribution is -0.129. The van der Waals surface area contributed by atoms with E-state index in [-0.39, 0.29) is 17.9 Å². The summed E-state index contributed by atoms with van der Waals surface area (Å²) in [6, 6.07) is 3.49. The number of nitrogens with zero attached hydrogens (tertiary/aromatic N) is 2. The summed E-state index contributed by atoms with van der Waals surface area (Å²) in [6.45, 7) is 6.97. The number of likely N-dealkylation sites (tertiary alicyclic amines) is 1. The van der Waals surface area contributed by atoms with Gasteiger partial charge in [-0.3, -0.25) is 14.6 Å². The Morgan fingerprint density at radius 3 is 2.88 bits per heavy atom.